The first-order chi connectivity index (χ1) is 8.70. The molecule has 0 spiro atoms. The second-order valence-electron chi connectivity index (χ2n) is 5.65. The minimum Gasteiger partial charge on any atom is -0.465 e. The van der Waals surface area contributed by atoms with Crippen LogP contribution in [0.4, 0.5) is 4.79 Å². The van der Waals surface area contributed by atoms with Crippen LogP contribution in [-0.2, 0) is 6.42 Å². The zero-order valence-corrected chi connectivity index (χ0v) is 12.3. The van der Waals surface area contributed by atoms with Crippen molar-refractivity contribution < 1.29 is 9.90 Å². The summed E-state index contributed by atoms with van der Waals surface area (Å²) in [5.41, 5.74) is 6.64. The molecule has 0 fully saturated rings. The SMILES string of the molecule is CC(C)(C)N(C[C@@H](N)Cc1ccc(Cl)cc1)C(=O)O. The Morgan fingerprint density at radius 2 is 1.89 bits per heavy atom. The Morgan fingerprint density at radius 1 is 1.37 bits per heavy atom. The highest BCUT2D eigenvalue weighted by atomic mass is 35.5. The largest absolute Gasteiger partial charge is 0.465 e. The number of rotatable bonds is 4. The van der Waals surface area contributed by atoms with E-state index in [0.717, 1.165) is 5.56 Å². The predicted molar refractivity (Wildman–Crippen MR) is 77.6 cm³/mol. The van der Waals surface area contributed by atoms with Crippen LogP contribution < -0.4 is 5.73 Å². The van der Waals surface area contributed by atoms with Crippen molar-refractivity contribution >= 4 is 17.7 Å². The number of nitrogens with zero attached hydrogens (tertiary/aromatic N) is 1. The molecule has 0 aliphatic carbocycles. The maximum atomic E-state index is 11.2. The van der Waals surface area contributed by atoms with Gasteiger partial charge in [0.05, 0.1) is 0 Å². The number of halogens is 1. The van der Waals surface area contributed by atoms with Crippen molar-refractivity contribution in [2.45, 2.75) is 38.8 Å². The van der Waals surface area contributed by atoms with E-state index in [1.807, 2.05) is 45.0 Å². The van der Waals surface area contributed by atoms with E-state index >= 15 is 0 Å². The summed E-state index contributed by atoms with van der Waals surface area (Å²) in [6.07, 6.45) is -0.323. The highest BCUT2D eigenvalue weighted by Crippen LogP contribution is 2.15. The monoisotopic (exact) mass is 284 g/mol. The van der Waals surface area contributed by atoms with Crippen LogP contribution in [0.1, 0.15) is 26.3 Å². The lowest BCUT2D eigenvalue weighted by atomic mass is 10.0. The summed E-state index contributed by atoms with van der Waals surface area (Å²) in [4.78, 5) is 12.6. The van der Waals surface area contributed by atoms with Gasteiger partial charge in [-0.15, -0.1) is 0 Å². The van der Waals surface area contributed by atoms with Gasteiger partial charge in [0, 0.05) is 23.1 Å². The average Bonchev–Trinajstić information content (AvgIpc) is 2.27. The minimum absolute atomic E-state index is 0.239. The van der Waals surface area contributed by atoms with Crippen molar-refractivity contribution in [3.8, 4) is 0 Å². The topological polar surface area (TPSA) is 66.6 Å². The van der Waals surface area contributed by atoms with E-state index in [2.05, 4.69) is 0 Å². The van der Waals surface area contributed by atoms with Crippen LogP contribution in [-0.4, -0.2) is 34.2 Å². The summed E-state index contributed by atoms with van der Waals surface area (Å²) in [5, 5.41) is 9.89. The summed E-state index contributed by atoms with van der Waals surface area (Å²) in [6.45, 7) is 5.88. The van der Waals surface area contributed by atoms with Gasteiger partial charge in [0.2, 0.25) is 0 Å². The third-order valence-corrected chi connectivity index (χ3v) is 3.12. The minimum atomic E-state index is -0.945. The molecular weight excluding hydrogens is 264 g/mol. The average molecular weight is 285 g/mol. The van der Waals surface area contributed by atoms with Crippen LogP contribution in [0.3, 0.4) is 0 Å². The van der Waals surface area contributed by atoms with Crippen molar-refractivity contribution in [3.05, 3.63) is 34.9 Å². The van der Waals surface area contributed by atoms with Crippen LogP contribution in [0.25, 0.3) is 0 Å². The lowest BCUT2D eigenvalue weighted by Gasteiger charge is -2.35. The van der Waals surface area contributed by atoms with Crippen LogP contribution >= 0.6 is 11.6 Å². The number of benzene rings is 1. The molecule has 0 saturated heterocycles. The number of carboxylic acid groups (broad SMARTS) is 1. The molecule has 19 heavy (non-hydrogen) atoms. The number of amides is 1. The number of hydrogen-bond donors (Lipinski definition) is 2. The van der Waals surface area contributed by atoms with E-state index < -0.39 is 11.6 Å². The second kappa shape index (κ2) is 6.26. The maximum absolute atomic E-state index is 11.2. The van der Waals surface area contributed by atoms with Crippen molar-refractivity contribution in [1.29, 1.82) is 0 Å². The van der Waals surface area contributed by atoms with Gasteiger partial charge in [-0.25, -0.2) is 4.79 Å². The lowest BCUT2D eigenvalue weighted by Crippen LogP contribution is -2.50. The van der Waals surface area contributed by atoms with Crippen LogP contribution in [0.15, 0.2) is 24.3 Å². The van der Waals surface area contributed by atoms with Gasteiger partial charge in [0.25, 0.3) is 0 Å². The smallest absolute Gasteiger partial charge is 0.407 e. The molecule has 0 aliphatic rings. The molecule has 1 rings (SSSR count). The zero-order chi connectivity index (χ0) is 14.6. The standard InChI is InChI=1S/C14H21ClN2O2/c1-14(2,3)17(13(18)19)9-12(16)8-10-4-6-11(15)7-5-10/h4-7,12H,8-9,16H2,1-3H3,(H,18,19)/t12-/m0/s1. The molecule has 5 heteroatoms. The van der Waals surface area contributed by atoms with Crippen molar-refractivity contribution in [3.63, 3.8) is 0 Å². The fourth-order valence-corrected chi connectivity index (χ4v) is 1.99. The van der Waals surface area contributed by atoms with E-state index in [4.69, 9.17) is 17.3 Å². The summed E-state index contributed by atoms with van der Waals surface area (Å²) >= 11 is 5.82. The van der Waals surface area contributed by atoms with Crippen LogP contribution in [0.5, 0.6) is 0 Å². The summed E-state index contributed by atoms with van der Waals surface area (Å²) in [6, 6.07) is 7.19. The molecule has 3 N–H and O–H groups in total. The normalized spacial score (nSPS) is 13.1. The van der Waals surface area contributed by atoms with Gasteiger partial charge in [-0.1, -0.05) is 23.7 Å². The van der Waals surface area contributed by atoms with Gasteiger partial charge in [-0.3, -0.25) is 0 Å². The van der Waals surface area contributed by atoms with Gasteiger partial charge in [-0.05, 0) is 44.9 Å². The molecule has 0 aliphatic heterocycles. The molecule has 0 aromatic heterocycles. The van der Waals surface area contributed by atoms with E-state index in [9.17, 15) is 9.90 Å². The van der Waals surface area contributed by atoms with Crippen LogP contribution in [0, 0.1) is 0 Å². The van der Waals surface area contributed by atoms with Gasteiger partial charge < -0.3 is 15.7 Å². The fourth-order valence-electron chi connectivity index (χ4n) is 1.86. The molecule has 106 valence electrons. The highest BCUT2D eigenvalue weighted by Gasteiger charge is 2.27. The van der Waals surface area contributed by atoms with Crippen molar-refractivity contribution in [2.24, 2.45) is 5.73 Å². The molecule has 1 atom stereocenters. The van der Waals surface area contributed by atoms with Crippen molar-refractivity contribution in [2.75, 3.05) is 6.54 Å². The summed E-state index contributed by atoms with van der Waals surface area (Å²) in [7, 11) is 0. The van der Waals surface area contributed by atoms with Gasteiger partial charge in [0.1, 0.15) is 0 Å². The Bertz CT molecular complexity index is 426. The van der Waals surface area contributed by atoms with Gasteiger partial charge in [0.15, 0.2) is 0 Å². The molecule has 1 aromatic rings. The van der Waals surface area contributed by atoms with E-state index in [1.165, 1.54) is 4.90 Å². The molecule has 1 amide bonds. The van der Waals surface area contributed by atoms with E-state index in [0.29, 0.717) is 18.0 Å². The van der Waals surface area contributed by atoms with Gasteiger partial charge >= 0.3 is 6.09 Å². The molecule has 0 saturated carbocycles. The Labute approximate surface area is 119 Å². The zero-order valence-electron chi connectivity index (χ0n) is 11.6. The molecule has 0 bridgehead atoms. The summed E-state index contributed by atoms with van der Waals surface area (Å²) < 4.78 is 0. The van der Waals surface area contributed by atoms with E-state index in [-0.39, 0.29) is 6.04 Å². The molecule has 1 aromatic carbocycles. The Morgan fingerprint density at radius 3 is 2.32 bits per heavy atom. The van der Waals surface area contributed by atoms with Gasteiger partial charge in [-0.2, -0.15) is 0 Å². The molecule has 0 unspecified atom stereocenters. The second-order valence-corrected chi connectivity index (χ2v) is 6.09. The lowest BCUT2D eigenvalue weighted by molar-refractivity contribution is 0.0960. The number of carbonyl (C=O) groups is 1. The first-order valence-corrected chi connectivity index (χ1v) is 6.58. The Hall–Kier alpha value is -1.26. The van der Waals surface area contributed by atoms with Crippen LogP contribution in [0.2, 0.25) is 5.02 Å². The third kappa shape index (κ3) is 5.09. The summed E-state index contributed by atoms with van der Waals surface area (Å²) in [5.74, 6) is 0. The number of nitrogens with two attached hydrogens (primary N) is 1. The Kier molecular flexibility index (Phi) is 5.20. The first-order valence-electron chi connectivity index (χ1n) is 6.20. The quantitative estimate of drug-likeness (QED) is 0.893. The predicted octanol–water partition coefficient (Wildman–Crippen LogP) is 2.99. The first kappa shape index (κ1) is 15.8. The highest BCUT2D eigenvalue weighted by molar-refractivity contribution is 6.30. The Balaban J connectivity index is 2.65. The molecule has 0 radical (unpaired) electrons. The molecule has 4 nitrogen and oxygen atoms in total. The fraction of sp³-hybridized carbons (Fsp3) is 0.500. The van der Waals surface area contributed by atoms with Crippen molar-refractivity contribution in [1.82, 2.24) is 4.90 Å². The van der Waals surface area contributed by atoms with E-state index in [1.54, 1.807) is 0 Å². The maximum Gasteiger partial charge on any atom is 0.407 e. The number of hydrogen-bond acceptors (Lipinski definition) is 2. The third-order valence-electron chi connectivity index (χ3n) is 2.87. The molecular formula is C14H21ClN2O2. The molecule has 0 heterocycles.